The molecule has 0 amide bonds. The predicted octanol–water partition coefficient (Wildman–Crippen LogP) is 4.25. The molecular weight excluding hydrogens is 274 g/mol. The number of fused-ring (bicyclic) bond motifs is 1. The van der Waals surface area contributed by atoms with Crippen LogP contribution in [0.2, 0.25) is 0 Å². The van der Waals surface area contributed by atoms with Gasteiger partial charge in [-0.1, -0.05) is 19.3 Å². The summed E-state index contributed by atoms with van der Waals surface area (Å²) in [7, 11) is 0. The van der Waals surface area contributed by atoms with Crippen LogP contribution >= 0.6 is 0 Å². The van der Waals surface area contributed by atoms with E-state index in [0.717, 1.165) is 30.4 Å². The molecule has 1 aliphatic carbocycles. The van der Waals surface area contributed by atoms with Gasteiger partial charge in [0.2, 0.25) is 0 Å². The molecule has 0 spiro atoms. The number of hydrogen-bond acceptors (Lipinski definition) is 3. The largest absolute Gasteiger partial charge is 0.490 e. The van der Waals surface area contributed by atoms with E-state index in [4.69, 9.17) is 9.47 Å². The van der Waals surface area contributed by atoms with Gasteiger partial charge in [0.1, 0.15) is 0 Å². The maximum absolute atomic E-state index is 5.84. The van der Waals surface area contributed by atoms with Crippen LogP contribution in [0.3, 0.4) is 0 Å². The first-order valence-corrected chi connectivity index (χ1v) is 8.99. The van der Waals surface area contributed by atoms with Crippen LogP contribution < -0.4 is 14.8 Å². The van der Waals surface area contributed by atoms with E-state index in [2.05, 4.69) is 17.4 Å². The van der Waals surface area contributed by atoms with Gasteiger partial charge in [0.15, 0.2) is 11.5 Å². The Balaban J connectivity index is 1.92. The molecule has 1 aliphatic heterocycles. The second-order valence-electron chi connectivity index (χ2n) is 6.44. The van der Waals surface area contributed by atoms with Crippen molar-refractivity contribution in [3.8, 4) is 11.5 Å². The van der Waals surface area contributed by atoms with E-state index in [1.165, 1.54) is 43.2 Å². The van der Waals surface area contributed by atoms with Crippen molar-refractivity contribution in [1.82, 2.24) is 5.32 Å². The zero-order chi connectivity index (χ0) is 15.4. The summed E-state index contributed by atoms with van der Waals surface area (Å²) in [6.07, 6.45) is 7.97. The highest BCUT2D eigenvalue weighted by atomic mass is 16.5. The van der Waals surface area contributed by atoms with Gasteiger partial charge < -0.3 is 14.8 Å². The molecule has 1 saturated carbocycles. The van der Waals surface area contributed by atoms with E-state index in [9.17, 15) is 0 Å². The van der Waals surface area contributed by atoms with E-state index < -0.39 is 0 Å². The minimum atomic E-state index is 0.499. The molecule has 2 aliphatic rings. The van der Waals surface area contributed by atoms with Gasteiger partial charge >= 0.3 is 0 Å². The predicted molar refractivity (Wildman–Crippen MR) is 89.8 cm³/mol. The number of hydrogen-bond donors (Lipinski definition) is 1. The summed E-state index contributed by atoms with van der Waals surface area (Å²) in [5.74, 6) is 2.60. The molecule has 1 heterocycles. The third-order valence-electron chi connectivity index (χ3n) is 5.02. The molecule has 0 bridgehead atoms. The van der Waals surface area contributed by atoms with Crippen LogP contribution in [0.4, 0.5) is 0 Å². The van der Waals surface area contributed by atoms with Crippen LogP contribution in [0.1, 0.15) is 63.1 Å². The quantitative estimate of drug-likeness (QED) is 0.882. The Hall–Kier alpha value is -1.22. The van der Waals surface area contributed by atoms with Crippen LogP contribution in [0.15, 0.2) is 12.1 Å². The van der Waals surface area contributed by atoms with Crippen molar-refractivity contribution in [2.75, 3.05) is 19.8 Å². The molecular formula is C19H29NO2. The van der Waals surface area contributed by atoms with Crippen molar-refractivity contribution in [2.24, 2.45) is 5.92 Å². The number of ether oxygens (including phenoxy) is 2. The first-order valence-electron chi connectivity index (χ1n) is 8.99. The normalized spacial score (nSPS) is 22.2. The Kier molecular flexibility index (Phi) is 5.24. The fraction of sp³-hybridized carbons (Fsp3) is 0.684. The van der Waals surface area contributed by atoms with Gasteiger partial charge in [0.25, 0.3) is 0 Å². The van der Waals surface area contributed by atoms with Gasteiger partial charge in [-0.3, -0.25) is 0 Å². The molecule has 22 heavy (non-hydrogen) atoms. The molecule has 3 heteroatoms. The summed E-state index contributed by atoms with van der Waals surface area (Å²) in [6, 6.07) is 4.97. The Morgan fingerprint density at radius 1 is 1.00 bits per heavy atom. The molecule has 0 radical (unpaired) electrons. The SMILES string of the molecule is CCOc1cc2c(cc1OCC)[C@@H](C1CCCCC1)NCC2. The number of nitrogens with one attached hydrogen (secondary N) is 1. The van der Waals surface area contributed by atoms with Crippen molar-refractivity contribution in [2.45, 2.75) is 58.4 Å². The van der Waals surface area contributed by atoms with Gasteiger partial charge in [-0.15, -0.1) is 0 Å². The highest BCUT2D eigenvalue weighted by molar-refractivity contribution is 5.49. The van der Waals surface area contributed by atoms with Crippen LogP contribution in [-0.2, 0) is 6.42 Å². The van der Waals surface area contributed by atoms with Crippen molar-refractivity contribution >= 4 is 0 Å². The monoisotopic (exact) mass is 303 g/mol. The highest BCUT2D eigenvalue weighted by Crippen LogP contribution is 2.41. The van der Waals surface area contributed by atoms with Crippen LogP contribution in [0.5, 0.6) is 11.5 Å². The molecule has 122 valence electrons. The fourth-order valence-electron chi connectivity index (χ4n) is 4.02. The topological polar surface area (TPSA) is 30.5 Å². The van der Waals surface area contributed by atoms with E-state index in [0.29, 0.717) is 19.3 Å². The van der Waals surface area contributed by atoms with E-state index in [1.54, 1.807) is 0 Å². The second-order valence-corrected chi connectivity index (χ2v) is 6.44. The lowest BCUT2D eigenvalue weighted by Crippen LogP contribution is -2.35. The van der Waals surface area contributed by atoms with Crippen molar-refractivity contribution in [3.63, 3.8) is 0 Å². The summed E-state index contributed by atoms with van der Waals surface area (Å²) >= 11 is 0. The summed E-state index contributed by atoms with van der Waals surface area (Å²) in [6.45, 7) is 6.50. The minimum Gasteiger partial charge on any atom is -0.490 e. The molecule has 1 N–H and O–H groups in total. The molecule has 3 nitrogen and oxygen atoms in total. The Morgan fingerprint density at radius 3 is 2.36 bits per heavy atom. The minimum absolute atomic E-state index is 0.499. The molecule has 0 saturated heterocycles. The standard InChI is InChI=1S/C19H29NO2/c1-3-21-17-12-15-10-11-20-19(14-8-6-5-7-9-14)16(15)13-18(17)22-4-2/h12-14,19-20H,3-11H2,1-2H3/t19-/m1/s1. The van der Waals surface area contributed by atoms with Crippen LogP contribution in [0, 0.1) is 5.92 Å². The summed E-state index contributed by atoms with van der Waals surface area (Å²) in [4.78, 5) is 0. The number of rotatable bonds is 5. The van der Waals surface area contributed by atoms with Crippen molar-refractivity contribution in [3.05, 3.63) is 23.3 Å². The van der Waals surface area contributed by atoms with Crippen LogP contribution in [-0.4, -0.2) is 19.8 Å². The van der Waals surface area contributed by atoms with Gasteiger partial charge in [0, 0.05) is 6.04 Å². The second kappa shape index (κ2) is 7.36. The molecule has 1 atom stereocenters. The van der Waals surface area contributed by atoms with E-state index in [-0.39, 0.29) is 0 Å². The zero-order valence-corrected chi connectivity index (χ0v) is 14.0. The van der Waals surface area contributed by atoms with E-state index in [1.807, 2.05) is 13.8 Å². The van der Waals surface area contributed by atoms with Gasteiger partial charge in [-0.2, -0.15) is 0 Å². The molecule has 1 fully saturated rings. The number of benzene rings is 1. The summed E-state index contributed by atoms with van der Waals surface area (Å²) < 4.78 is 11.6. The Labute approximate surface area is 134 Å². The smallest absolute Gasteiger partial charge is 0.161 e. The first-order chi connectivity index (χ1) is 10.8. The summed E-state index contributed by atoms with van der Waals surface area (Å²) in [5, 5.41) is 3.77. The lowest BCUT2D eigenvalue weighted by Gasteiger charge is -2.36. The lowest BCUT2D eigenvalue weighted by atomic mass is 9.78. The van der Waals surface area contributed by atoms with Gasteiger partial charge in [0.05, 0.1) is 13.2 Å². The average molecular weight is 303 g/mol. The Morgan fingerprint density at radius 2 is 1.68 bits per heavy atom. The van der Waals surface area contributed by atoms with Gasteiger partial charge in [-0.05, 0) is 68.8 Å². The van der Waals surface area contributed by atoms with Gasteiger partial charge in [-0.25, -0.2) is 0 Å². The molecule has 3 rings (SSSR count). The maximum atomic E-state index is 5.84. The maximum Gasteiger partial charge on any atom is 0.161 e. The fourth-order valence-corrected chi connectivity index (χ4v) is 4.02. The zero-order valence-electron chi connectivity index (χ0n) is 14.0. The van der Waals surface area contributed by atoms with Crippen molar-refractivity contribution in [1.29, 1.82) is 0 Å². The van der Waals surface area contributed by atoms with Crippen molar-refractivity contribution < 1.29 is 9.47 Å². The third kappa shape index (κ3) is 3.24. The summed E-state index contributed by atoms with van der Waals surface area (Å²) in [5.41, 5.74) is 2.89. The third-order valence-corrected chi connectivity index (χ3v) is 5.02. The lowest BCUT2D eigenvalue weighted by molar-refractivity contribution is 0.260. The highest BCUT2D eigenvalue weighted by Gasteiger charge is 2.30. The van der Waals surface area contributed by atoms with E-state index >= 15 is 0 Å². The Bertz CT molecular complexity index is 494. The molecule has 0 aromatic heterocycles. The molecule has 0 unspecified atom stereocenters. The first kappa shape index (κ1) is 15.7. The van der Waals surface area contributed by atoms with Crippen LogP contribution in [0.25, 0.3) is 0 Å². The average Bonchev–Trinajstić information content (AvgIpc) is 2.56. The molecule has 1 aromatic carbocycles. The molecule has 1 aromatic rings.